The molecule has 0 spiro atoms. The first kappa shape index (κ1) is 19.5. The molecule has 1 aliphatic heterocycles. The maximum Gasteiger partial charge on any atom is 0.416 e. The first-order chi connectivity index (χ1) is 13.8. The van der Waals surface area contributed by atoms with Crippen LogP contribution in [0.4, 0.5) is 18.3 Å². The summed E-state index contributed by atoms with van der Waals surface area (Å²) in [5.41, 5.74) is 0.402. The Morgan fingerprint density at radius 2 is 1.76 bits per heavy atom. The molecular formula is C20H18F3N3O2S. The molecule has 3 aromatic rings. The fourth-order valence-electron chi connectivity index (χ4n) is 3.24. The third kappa shape index (κ3) is 4.00. The van der Waals surface area contributed by atoms with E-state index in [4.69, 9.17) is 4.74 Å². The zero-order valence-electron chi connectivity index (χ0n) is 15.6. The minimum absolute atomic E-state index is 0.257. The highest BCUT2D eigenvalue weighted by molar-refractivity contribution is 7.22. The van der Waals surface area contributed by atoms with Crippen molar-refractivity contribution in [2.45, 2.75) is 6.18 Å². The fourth-order valence-corrected chi connectivity index (χ4v) is 4.29. The molecule has 0 atom stereocenters. The number of thiazole rings is 1. The smallest absolute Gasteiger partial charge is 0.416 e. The van der Waals surface area contributed by atoms with E-state index in [1.165, 1.54) is 12.1 Å². The van der Waals surface area contributed by atoms with Gasteiger partial charge in [0.05, 0.1) is 22.9 Å². The number of aromatic nitrogens is 1. The highest BCUT2D eigenvalue weighted by Crippen LogP contribution is 2.32. The van der Waals surface area contributed by atoms with Gasteiger partial charge >= 0.3 is 6.18 Å². The molecule has 9 heteroatoms. The SMILES string of the molecule is COc1ccc2nc(N3CCN(C(=O)c4ccc(C(F)(F)F)cc4)CC3)sc2c1. The Labute approximate surface area is 169 Å². The largest absolute Gasteiger partial charge is 0.497 e. The lowest BCUT2D eigenvalue weighted by Gasteiger charge is -2.34. The lowest BCUT2D eigenvalue weighted by molar-refractivity contribution is -0.137. The van der Waals surface area contributed by atoms with Gasteiger partial charge in [0, 0.05) is 31.7 Å². The van der Waals surface area contributed by atoms with E-state index < -0.39 is 11.7 Å². The Kier molecular flexibility index (Phi) is 5.08. The van der Waals surface area contributed by atoms with Gasteiger partial charge < -0.3 is 14.5 Å². The predicted molar refractivity (Wildman–Crippen MR) is 106 cm³/mol. The molecule has 0 saturated carbocycles. The average Bonchev–Trinajstić information content (AvgIpc) is 3.16. The molecule has 2 heterocycles. The molecule has 1 fully saturated rings. The van der Waals surface area contributed by atoms with Crippen LogP contribution < -0.4 is 9.64 Å². The number of amides is 1. The van der Waals surface area contributed by atoms with Gasteiger partial charge in [-0.2, -0.15) is 13.2 Å². The van der Waals surface area contributed by atoms with Crippen molar-refractivity contribution >= 4 is 32.6 Å². The maximum atomic E-state index is 12.7. The van der Waals surface area contributed by atoms with E-state index in [1.807, 2.05) is 18.2 Å². The van der Waals surface area contributed by atoms with Gasteiger partial charge in [-0.1, -0.05) is 11.3 Å². The molecule has 1 amide bonds. The van der Waals surface area contributed by atoms with Gasteiger partial charge in [0.25, 0.3) is 5.91 Å². The number of nitrogens with zero attached hydrogens (tertiary/aromatic N) is 3. The number of anilines is 1. The molecule has 152 valence electrons. The highest BCUT2D eigenvalue weighted by Gasteiger charge is 2.31. The molecule has 29 heavy (non-hydrogen) atoms. The summed E-state index contributed by atoms with van der Waals surface area (Å²) in [7, 11) is 1.62. The minimum atomic E-state index is -4.41. The Morgan fingerprint density at radius 1 is 1.07 bits per heavy atom. The Bertz CT molecular complexity index is 1030. The van der Waals surface area contributed by atoms with Crippen molar-refractivity contribution in [2.75, 3.05) is 38.2 Å². The van der Waals surface area contributed by atoms with Gasteiger partial charge in [0.1, 0.15) is 5.75 Å². The first-order valence-electron chi connectivity index (χ1n) is 9.01. The molecular weight excluding hydrogens is 403 g/mol. The maximum absolute atomic E-state index is 12.7. The van der Waals surface area contributed by atoms with Gasteiger partial charge in [0.2, 0.25) is 0 Å². The summed E-state index contributed by atoms with van der Waals surface area (Å²) in [6.07, 6.45) is -4.41. The molecule has 1 saturated heterocycles. The van der Waals surface area contributed by atoms with E-state index in [0.717, 1.165) is 33.2 Å². The third-order valence-electron chi connectivity index (χ3n) is 4.88. The van der Waals surface area contributed by atoms with Gasteiger partial charge in [-0.05, 0) is 42.5 Å². The normalized spacial score (nSPS) is 15.0. The van der Waals surface area contributed by atoms with Crippen LogP contribution in [0.1, 0.15) is 15.9 Å². The van der Waals surface area contributed by atoms with E-state index in [1.54, 1.807) is 23.3 Å². The van der Waals surface area contributed by atoms with E-state index in [9.17, 15) is 18.0 Å². The number of rotatable bonds is 3. The molecule has 2 aromatic carbocycles. The summed E-state index contributed by atoms with van der Waals surface area (Å²) in [6.45, 7) is 2.20. The van der Waals surface area contributed by atoms with Crippen LogP contribution >= 0.6 is 11.3 Å². The second-order valence-electron chi connectivity index (χ2n) is 6.68. The van der Waals surface area contributed by atoms with Crippen LogP contribution in [-0.4, -0.2) is 49.1 Å². The number of piperazine rings is 1. The highest BCUT2D eigenvalue weighted by atomic mass is 32.1. The summed E-state index contributed by atoms with van der Waals surface area (Å²) in [5, 5.41) is 0.884. The molecule has 5 nitrogen and oxygen atoms in total. The second kappa shape index (κ2) is 7.55. The number of hydrogen-bond donors (Lipinski definition) is 0. The third-order valence-corrected chi connectivity index (χ3v) is 5.96. The Hall–Kier alpha value is -2.81. The Balaban J connectivity index is 1.42. The number of methoxy groups -OCH3 is 1. The topological polar surface area (TPSA) is 45.7 Å². The first-order valence-corrected chi connectivity index (χ1v) is 9.83. The van der Waals surface area contributed by atoms with Crippen LogP contribution in [0.3, 0.4) is 0 Å². The quantitative estimate of drug-likeness (QED) is 0.633. The van der Waals surface area contributed by atoms with E-state index in [0.29, 0.717) is 26.2 Å². The predicted octanol–water partition coefficient (Wildman–Crippen LogP) is 4.29. The van der Waals surface area contributed by atoms with E-state index >= 15 is 0 Å². The number of halogens is 3. The van der Waals surface area contributed by atoms with Crippen molar-refractivity contribution in [2.24, 2.45) is 0 Å². The number of ether oxygens (including phenoxy) is 1. The average molecular weight is 421 g/mol. The van der Waals surface area contributed by atoms with Crippen molar-refractivity contribution < 1.29 is 22.7 Å². The molecule has 0 radical (unpaired) electrons. The lowest BCUT2D eigenvalue weighted by atomic mass is 10.1. The van der Waals surface area contributed by atoms with Gasteiger partial charge in [-0.25, -0.2) is 4.98 Å². The Morgan fingerprint density at radius 3 is 2.38 bits per heavy atom. The molecule has 0 N–H and O–H groups in total. The lowest BCUT2D eigenvalue weighted by Crippen LogP contribution is -2.48. The van der Waals surface area contributed by atoms with Crippen molar-refractivity contribution in [1.82, 2.24) is 9.88 Å². The van der Waals surface area contributed by atoms with Crippen LogP contribution in [0.5, 0.6) is 5.75 Å². The number of fused-ring (bicyclic) bond motifs is 1. The number of carbonyl (C=O) groups is 1. The summed E-state index contributed by atoms with van der Waals surface area (Å²) in [4.78, 5) is 21.0. The summed E-state index contributed by atoms with van der Waals surface area (Å²) < 4.78 is 44.3. The summed E-state index contributed by atoms with van der Waals surface area (Å²) >= 11 is 1.57. The van der Waals surface area contributed by atoms with Crippen molar-refractivity contribution in [3.05, 3.63) is 53.6 Å². The van der Waals surface area contributed by atoms with Crippen LogP contribution in [0.15, 0.2) is 42.5 Å². The van der Waals surface area contributed by atoms with Crippen LogP contribution in [0.25, 0.3) is 10.2 Å². The molecule has 4 rings (SSSR count). The van der Waals surface area contributed by atoms with Crippen LogP contribution in [-0.2, 0) is 6.18 Å². The molecule has 0 unspecified atom stereocenters. The molecule has 1 aromatic heterocycles. The number of benzene rings is 2. The number of alkyl halides is 3. The zero-order chi connectivity index (χ0) is 20.6. The van der Waals surface area contributed by atoms with Gasteiger partial charge in [-0.15, -0.1) is 0 Å². The van der Waals surface area contributed by atoms with E-state index in [2.05, 4.69) is 9.88 Å². The number of hydrogen-bond acceptors (Lipinski definition) is 5. The van der Waals surface area contributed by atoms with Gasteiger partial charge in [0.15, 0.2) is 5.13 Å². The molecule has 0 bridgehead atoms. The number of carbonyl (C=O) groups excluding carboxylic acids is 1. The summed E-state index contributed by atoms with van der Waals surface area (Å²) in [5.74, 6) is 0.520. The van der Waals surface area contributed by atoms with Crippen molar-refractivity contribution in [3.63, 3.8) is 0 Å². The van der Waals surface area contributed by atoms with Crippen molar-refractivity contribution in [1.29, 1.82) is 0 Å². The minimum Gasteiger partial charge on any atom is -0.497 e. The fraction of sp³-hybridized carbons (Fsp3) is 0.300. The molecule has 0 aliphatic carbocycles. The second-order valence-corrected chi connectivity index (χ2v) is 7.69. The zero-order valence-corrected chi connectivity index (χ0v) is 16.4. The van der Waals surface area contributed by atoms with E-state index in [-0.39, 0.29) is 11.5 Å². The standard InChI is InChI=1S/C20H18F3N3O2S/c1-28-15-6-7-16-17(12-15)29-19(24-16)26-10-8-25(9-11-26)18(27)13-2-4-14(5-3-13)20(21,22)23/h2-7,12H,8-11H2,1H3. The van der Waals surface area contributed by atoms with Gasteiger partial charge in [-0.3, -0.25) is 4.79 Å². The summed E-state index contributed by atoms with van der Waals surface area (Å²) in [6, 6.07) is 10.1. The van der Waals surface area contributed by atoms with Crippen LogP contribution in [0.2, 0.25) is 0 Å². The molecule has 1 aliphatic rings. The van der Waals surface area contributed by atoms with Crippen molar-refractivity contribution in [3.8, 4) is 5.75 Å². The monoisotopic (exact) mass is 421 g/mol. The van der Waals surface area contributed by atoms with Crippen LogP contribution in [0, 0.1) is 0 Å².